The van der Waals surface area contributed by atoms with Crippen molar-refractivity contribution in [3.8, 4) is 0 Å². The largest absolute Gasteiger partial charge is 0.379 e. The molecule has 0 amide bonds. The van der Waals surface area contributed by atoms with Crippen molar-refractivity contribution in [2.75, 3.05) is 47.1 Å². The summed E-state index contributed by atoms with van der Waals surface area (Å²) in [6, 6.07) is 0. The first-order valence-corrected chi connectivity index (χ1v) is 27.5. The number of likely N-dealkylation sites (N-methyl/N-ethyl adjacent to an activating group) is 1. The summed E-state index contributed by atoms with van der Waals surface area (Å²) in [7, 11) is 4.28. The minimum absolute atomic E-state index is 0.173. The highest BCUT2D eigenvalue weighted by Gasteiger charge is 2.59. The minimum atomic E-state index is 0.173. The molecule has 0 saturated heterocycles. The van der Waals surface area contributed by atoms with Crippen LogP contribution in [0.4, 0.5) is 0 Å². The first kappa shape index (κ1) is 53.7. The van der Waals surface area contributed by atoms with Crippen molar-refractivity contribution >= 4 is 0 Å². The predicted molar refractivity (Wildman–Crippen MR) is 269 cm³/mol. The van der Waals surface area contributed by atoms with Crippen LogP contribution < -0.4 is 0 Å². The third-order valence-electron chi connectivity index (χ3n) is 16.9. The van der Waals surface area contributed by atoms with Crippen molar-refractivity contribution in [2.24, 2.45) is 46.3 Å². The first-order valence-electron chi connectivity index (χ1n) is 27.5. The lowest BCUT2D eigenvalue weighted by atomic mass is 9.47. The predicted octanol–water partition coefficient (Wildman–Crippen LogP) is 16.5. The molecule has 0 aliphatic heterocycles. The second-order valence-electron chi connectivity index (χ2n) is 22.6. The Morgan fingerprint density at radius 3 is 2.05 bits per heavy atom. The lowest BCUT2D eigenvalue weighted by molar-refractivity contribution is -0.0641. The van der Waals surface area contributed by atoms with Gasteiger partial charge in [0.1, 0.15) is 0 Å². The van der Waals surface area contributed by atoms with Crippen molar-refractivity contribution in [2.45, 2.75) is 240 Å². The summed E-state index contributed by atoms with van der Waals surface area (Å²) in [4.78, 5) is 2.23. The van der Waals surface area contributed by atoms with E-state index >= 15 is 0 Å². The zero-order chi connectivity index (χ0) is 44.5. The van der Waals surface area contributed by atoms with Gasteiger partial charge in [0.2, 0.25) is 0 Å². The van der Waals surface area contributed by atoms with Gasteiger partial charge in [-0.15, -0.1) is 0 Å². The van der Waals surface area contributed by atoms with Crippen LogP contribution in [0.5, 0.6) is 0 Å². The van der Waals surface area contributed by atoms with E-state index in [4.69, 9.17) is 14.2 Å². The molecule has 2 unspecified atom stereocenters. The fraction of sp³-hybridized carbons (Fsp3) is 0.897. The van der Waals surface area contributed by atoms with E-state index in [1.807, 2.05) is 0 Å². The van der Waals surface area contributed by atoms with Crippen LogP contribution in [0, 0.1) is 46.3 Å². The Morgan fingerprint density at radius 2 is 1.35 bits per heavy atom. The molecule has 62 heavy (non-hydrogen) atoms. The highest BCUT2D eigenvalue weighted by Crippen LogP contribution is 2.67. The van der Waals surface area contributed by atoms with Gasteiger partial charge in [0.05, 0.1) is 18.8 Å². The van der Waals surface area contributed by atoms with E-state index in [-0.39, 0.29) is 6.10 Å². The number of hydrogen-bond acceptors (Lipinski definition) is 4. The molecule has 0 N–H and O–H groups in total. The van der Waals surface area contributed by atoms with Crippen LogP contribution >= 0.6 is 0 Å². The maximum atomic E-state index is 6.61. The maximum Gasteiger partial charge on any atom is 0.0934 e. The van der Waals surface area contributed by atoms with E-state index in [0.717, 1.165) is 81.3 Å². The molecule has 0 heterocycles. The summed E-state index contributed by atoms with van der Waals surface area (Å²) in [5, 5.41) is 0. The highest BCUT2D eigenvalue weighted by atomic mass is 16.5. The monoisotopic (exact) mass is 864 g/mol. The molecule has 4 aliphatic rings. The van der Waals surface area contributed by atoms with Crippen LogP contribution in [0.3, 0.4) is 0 Å². The van der Waals surface area contributed by atoms with Crippen molar-refractivity contribution in [1.29, 1.82) is 0 Å². The Hall–Kier alpha value is -0.940. The van der Waals surface area contributed by atoms with Gasteiger partial charge in [0.25, 0.3) is 0 Å². The Balaban J connectivity index is 0.980. The second-order valence-corrected chi connectivity index (χ2v) is 22.6. The Labute approximate surface area is 387 Å². The van der Waals surface area contributed by atoms with Crippen LogP contribution in [-0.4, -0.2) is 64.2 Å². The molecule has 3 fully saturated rings. The number of nitrogens with zero attached hydrogens (tertiary/aromatic N) is 1. The molecule has 3 saturated carbocycles. The van der Waals surface area contributed by atoms with Gasteiger partial charge in [-0.25, -0.2) is 0 Å². The number of hydrogen-bond donors (Lipinski definition) is 0. The second kappa shape index (κ2) is 30.4. The van der Waals surface area contributed by atoms with E-state index in [1.165, 1.54) is 173 Å². The van der Waals surface area contributed by atoms with Crippen LogP contribution in [0.25, 0.3) is 0 Å². The molecular formula is C58H105NO3. The normalized spacial score (nSPS) is 28.5. The average Bonchev–Trinajstić information content (AvgIpc) is 3.60. The lowest BCUT2D eigenvalue weighted by Gasteiger charge is -2.58. The SMILES string of the molecule is CCCCC/C=C\C/C=C\CCCCCCCCOCC(CN(C)C)OCCCCCCCCOC1CC[C@@]2(C)C(=CC[C@H]3[C@@H]4CC[C@H]([C@H](C)CCCC(C)C)[C@@]4(C)CC[C@@H]32)C1. The van der Waals surface area contributed by atoms with Crippen molar-refractivity contribution in [3.05, 3.63) is 36.0 Å². The summed E-state index contributed by atoms with van der Waals surface area (Å²) in [5.74, 6) is 5.49. The van der Waals surface area contributed by atoms with Crippen LogP contribution in [0.1, 0.15) is 228 Å². The zero-order valence-corrected chi connectivity index (χ0v) is 42.7. The number of unbranched alkanes of at least 4 members (excludes halogenated alkanes) is 14. The Bertz CT molecular complexity index is 1240. The molecule has 0 radical (unpaired) electrons. The summed E-state index contributed by atoms with van der Waals surface area (Å²) < 4.78 is 19.0. The Morgan fingerprint density at radius 1 is 0.694 bits per heavy atom. The van der Waals surface area contributed by atoms with Crippen molar-refractivity contribution in [1.82, 2.24) is 4.90 Å². The fourth-order valence-electron chi connectivity index (χ4n) is 13.2. The van der Waals surface area contributed by atoms with E-state index in [2.05, 4.69) is 90.9 Å². The van der Waals surface area contributed by atoms with Crippen molar-refractivity contribution < 1.29 is 14.2 Å². The van der Waals surface area contributed by atoms with E-state index < -0.39 is 0 Å². The van der Waals surface area contributed by atoms with Gasteiger partial charge in [-0.2, -0.15) is 0 Å². The summed E-state index contributed by atoms with van der Waals surface area (Å²) >= 11 is 0. The first-order chi connectivity index (χ1) is 30.1. The molecule has 0 spiro atoms. The fourth-order valence-corrected chi connectivity index (χ4v) is 13.2. The van der Waals surface area contributed by atoms with Gasteiger partial charge >= 0.3 is 0 Å². The standard InChI is InChI=1S/C58H105NO3/c1-9-10-11-12-13-14-15-16-17-18-19-20-21-22-25-28-42-60-47-52(46-59(7)8)62-44-30-27-24-23-26-29-43-61-51-38-40-57(5)50(45-51)34-35-53-55-37-36-54(49(4)33-31-32-48(2)3)58(55,6)41-39-56(53)57/h13-14,16-17,34,48-49,51-56H,9-12,15,18-33,35-47H2,1-8H3/b14-13-,17-16-/t49-,51?,52?,53+,54-,55+,56+,57+,58-/m1/s1. The lowest BCUT2D eigenvalue weighted by Crippen LogP contribution is -2.51. The molecule has 4 heteroatoms. The molecule has 4 rings (SSSR count). The molecule has 0 bridgehead atoms. The molecule has 0 aromatic carbocycles. The minimum Gasteiger partial charge on any atom is -0.379 e. The highest BCUT2D eigenvalue weighted by molar-refractivity contribution is 5.25. The van der Waals surface area contributed by atoms with Gasteiger partial charge in [0, 0.05) is 26.4 Å². The van der Waals surface area contributed by atoms with Crippen LogP contribution in [0.15, 0.2) is 36.0 Å². The number of fused-ring (bicyclic) bond motifs is 5. The van der Waals surface area contributed by atoms with Gasteiger partial charge < -0.3 is 19.1 Å². The van der Waals surface area contributed by atoms with Crippen LogP contribution in [0.2, 0.25) is 0 Å². The molecule has 360 valence electrons. The quantitative estimate of drug-likeness (QED) is 0.0469. The van der Waals surface area contributed by atoms with Crippen molar-refractivity contribution in [3.63, 3.8) is 0 Å². The molecule has 9 atom stereocenters. The van der Waals surface area contributed by atoms with Crippen LogP contribution in [-0.2, 0) is 14.2 Å². The van der Waals surface area contributed by atoms with Gasteiger partial charge in [0.15, 0.2) is 0 Å². The molecule has 0 aromatic heterocycles. The summed E-state index contributed by atoms with van der Waals surface area (Å²) in [5.41, 5.74) is 2.79. The van der Waals surface area contributed by atoms with Gasteiger partial charge in [-0.3, -0.25) is 0 Å². The summed E-state index contributed by atoms with van der Waals surface area (Å²) in [6.07, 6.45) is 51.1. The molecule has 4 aliphatic carbocycles. The number of rotatable bonds is 35. The van der Waals surface area contributed by atoms with Gasteiger partial charge in [-0.1, -0.05) is 161 Å². The number of ether oxygens (including phenoxy) is 3. The molecular weight excluding hydrogens is 759 g/mol. The van der Waals surface area contributed by atoms with E-state index in [0.29, 0.717) is 16.9 Å². The third kappa shape index (κ3) is 18.4. The zero-order valence-electron chi connectivity index (χ0n) is 42.7. The smallest absolute Gasteiger partial charge is 0.0934 e. The third-order valence-corrected chi connectivity index (χ3v) is 16.9. The average molecular weight is 864 g/mol. The van der Waals surface area contributed by atoms with E-state index in [1.54, 1.807) is 5.57 Å². The summed E-state index contributed by atoms with van der Waals surface area (Å²) in [6.45, 7) is 19.4. The maximum absolute atomic E-state index is 6.61. The van der Waals surface area contributed by atoms with E-state index in [9.17, 15) is 0 Å². The topological polar surface area (TPSA) is 30.9 Å². The number of allylic oxidation sites excluding steroid dienone is 5. The van der Waals surface area contributed by atoms with Gasteiger partial charge in [-0.05, 0) is 163 Å². The molecule has 0 aromatic rings. The molecule has 4 nitrogen and oxygen atoms in total. The Kier molecular flexibility index (Phi) is 26.3.